The lowest BCUT2D eigenvalue weighted by Gasteiger charge is -2.42. The number of piperidine rings is 3. The highest BCUT2D eigenvalue weighted by molar-refractivity contribution is 6.30. The van der Waals surface area contributed by atoms with Gasteiger partial charge < -0.3 is 10.2 Å². The average Bonchev–Trinajstić information content (AvgIpc) is 2.40. The zero-order valence-corrected chi connectivity index (χ0v) is 11.0. The Labute approximate surface area is 112 Å². The van der Waals surface area contributed by atoms with Gasteiger partial charge in [0.15, 0.2) is 0 Å². The quantitative estimate of drug-likeness (QED) is 0.813. The van der Waals surface area contributed by atoms with E-state index in [2.05, 4.69) is 5.32 Å². The molecule has 0 aromatic heterocycles. The van der Waals surface area contributed by atoms with Crippen LogP contribution in [0, 0.1) is 5.92 Å². The summed E-state index contributed by atoms with van der Waals surface area (Å²) in [6, 6.07) is 7.49. The molecule has 1 aromatic carbocycles. The van der Waals surface area contributed by atoms with Crippen LogP contribution in [-0.2, 0) is 0 Å². The van der Waals surface area contributed by atoms with Crippen molar-refractivity contribution in [2.45, 2.75) is 18.9 Å². The molecule has 0 unspecified atom stereocenters. The minimum absolute atomic E-state index is 0.00986. The van der Waals surface area contributed by atoms with E-state index in [4.69, 9.17) is 11.6 Å². The first-order chi connectivity index (χ1) is 8.72. The number of rotatable bonds is 2. The van der Waals surface area contributed by atoms with Crippen molar-refractivity contribution >= 4 is 17.5 Å². The monoisotopic (exact) mass is 265 g/mol. The van der Waals surface area contributed by atoms with E-state index >= 15 is 0 Å². The number of fused-ring (bicyclic) bond motifs is 3. The lowest BCUT2D eigenvalue weighted by molar-refractivity contribution is -0.917. The van der Waals surface area contributed by atoms with Gasteiger partial charge in [-0.1, -0.05) is 17.7 Å². The van der Waals surface area contributed by atoms with Crippen LogP contribution in [0.4, 0.5) is 0 Å². The molecule has 0 saturated carbocycles. The Balaban J connectivity index is 1.68. The third-order valence-electron chi connectivity index (χ3n) is 4.22. The Morgan fingerprint density at radius 1 is 1.33 bits per heavy atom. The van der Waals surface area contributed by atoms with Gasteiger partial charge in [0, 0.05) is 23.4 Å². The number of benzene rings is 1. The number of hydrogen-bond donors (Lipinski definition) is 2. The zero-order chi connectivity index (χ0) is 12.5. The molecular formula is C14H18ClN2O+. The first-order valence-corrected chi connectivity index (χ1v) is 7.00. The SMILES string of the molecule is O=C(N[C@@H]1C[NH+]2CCC1CC2)c1cccc(Cl)c1. The van der Waals surface area contributed by atoms with Gasteiger partial charge in [-0.25, -0.2) is 0 Å². The van der Waals surface area contributed by atoms with E-state index < -0.39 is 0 Å². The second-order valence-corrected chi connectivity index (χ2v) is 5.82. The summed E-state index contributed by atoms with van der Waals surface area (Å²) in [4.78, 5) is 13.8. The van der Waals surface area contributed by atoms with Crippen molar-refractivity contribution in [3.05, 3.63) is 34.9 Å². The molecule has 1 atom stereocenters. The average molecular weight is 266 g/mol. The molecule has 4 rings (SSSR count). The fraction of sp³-hybridized carbons (Fsp3) is 0.500. The maximum Gasteiger partial charge on any atom is 0.251 e. The second kappa shape index (κ2) is 4.90. The Morgan fingerprint density at radius 2 is 2.11 bits per heavy atom. The molecule has 3 nitrogen and oxygen atoms in total. The van der Waals surface area contributed by atoms with Crippen LogP contribution in [0.15, 0.2) is 24.3 Å². The number of quaternary nitrogens is 1. The molecule has 2 N–H and O–H groups in total. The van der Waals surface area contributed by atoms with E-state index in [1.165, 1.54) is 25.9 Å². The normalized spacial score (nSPS) is 30.2. The first kappa shape index (κ1) is 12.0. The summed E-state index contributed by atoms with van der Waals surface area (Å²) in [5.74, 6) is 0.682. The van der Waals surface area contributed by atoms with Crippen LogP contribution in [-0.4, -0.2) is 31.6 Å². The van der Waals surface area contributed by atoms with E-state index in [1.54, 1.807) is 17.0 Å². The highest BCUT2D eigenvalue weighted by atomic mass is 35.5. The Morgan fingerprint density at radius 3 is 2.72 bits per heavy atom. The Hall–Kier alpha value is -1.06. The van der Waals surface area contributed by atoms with Crippen LogP contribution in [0.3, 0.4) is 0 Å². The maximum absolute atomic E-state index is 12.2. The number of hydrogen-bond acceptors (Lipinski definition) is 1. The highest BCUT2D eigenvalue weighted by Crippen LogP contribution is 2.19. The molecule has 1 aromatic rings. The van der Waals surface area contributed by atoms with Crippen molar-refractivity contribution in [1.82, 2.24) is 5.32 Å². The number of carbonyl (C=O) groups excluding carboxylic acids is 1. The fourth-order valence-corrected chi connectivity index (χ4v) is 3.37. The van der Waals surface area contributed by atoms with Crippen molar-refractivity contribution in [1.29, 1.82) is 0 Å². The van der Waals surface area contributed by atoms with Crippen molar-refractivity contribution in [3.63, 3.8) is 0 Å². The van der Waals surface area contributed by atoms with Gasteiger partial charge in [0.1, 0.15) is 0 Å². The van der Waals surface area contributed by atoms with Gasteiger partial charge in [0.25, 0.3) is 5.91 Å². The fourth-order valence-electron chi connectivity index (χ4n) is 3.18. The predicted molar refractivity (Wildman–Crippen MR) is 71.0 cm³/mol. The molecular weight excluding hydrogens is 248 g/mol. The molecule has 3 aliphatic heterocycles. The van der Waals surface area contributed by atoms with Gasteiger partial charge in [0.05, 0.1) is 25.7 Å². The van der Waals surface area contributed by atoms with Crippen LogP contribution in [0.5, 0.6) is 0 Å². The molecule has 18 heavy (non-hydrogen) atoms. The van der Waals surface area contributed by atoms with Crippen molar-refractivity contribution < 1.29 is 9.69 Å². The Kier molecular flexibility index (Phi) is 3.27. The highest BCUT2D eigenvalue weighted by Gasteiger charge is 2.38. The van der Waals surface area contributed by atoms with Crippen LogP contribution in [0.25, 0.3) is 0 Å². The maximum atomic E-state index is 12.2. The van der Waals surface area contributed by atoms with E-state index in [9.17, 15) is 4.79 Å². The molecule has 1 amide bonds. The molecule has 2 bridgehead atoms. The van der Waals surface area contributed by atoms with Crippen molar-refractivity contribution in [2.24, 2.45) is 5.92 Å². The number of amides is 1. The van der Waals surface area contributed by atoms with Gasteiger partial charge in [-0.3, -0.25) is 4.79 Å². The zero-order valence-electron chi connectivity index (χ0n) is 10.3. The molecule has 3 aliphatic rings. The summed E-state index contributed by atoms with van der Waals surface area (Å²) in [6.45, 7) is 3.62. The van der Waals surface area contributed by atoms with E-state index in [1.807, 2.05) is 12.1 Å². The summed E-state index contributed by atoms with van der Waals surface area (Å²) in [5.41, 5.74) is 0.661. The summed E-state index contributed by atoms with van der Waals surface area (Å²) in [5, 5.41) is 3.79. The van der Waals surface area contributed by atoms with Crippen LogP contribution in [0.1, 0.15) is 23.2 Å². The summed E-state index contributed by atoms with van der Waals surface area (Å²) in [7, 11) is 0. The lowest BCUT2D eigenvalue weighted by atomic mass is 9.84. The number of halogens is 1. The van der Waals surface area contributed by atoms with Crippen LogP contribution < -0.4 is 10.2 Å². The van der Waals surface area contributed by atoms with E-state index in [-0.39, 0.29) is 5.91 Å². The summed E-state index contributed by atoms with van der Waals surface area (Å²) < 4.78 is 0. The lowest BCUT2D eigenvalue weighted by Crippen LogP contribution is -3.17. The van der Waals surface area contributed by atoms with Gasteiger partial charge in [-0.05, 0) is 24.1 Å². The molecule has 0 radical (unpaired) electrons. The van der Waals surface area contributed by atoms with Gasteiger partial charge in [0.2, 0.25) is 0 Å². The van der Waals surface area contributed by atoms with E-state index in [0.29, 0.717) is 22.5 Å². The topological polar surface area (TPSA) is 33.5 Å². The van der Waals surface area contributed by atoms with Crippen LogP contribution in [0.2, 0.25) is 5.02 Å². The molecule has 4 heteroatoms. The van der Waals surface area contributed by atoms with Crippen molar-refractivity contribution in [2.75, 3.05) is 19.6 Å². The number of carbonyl (C=O) groups is 1. The first-order valence-electron chi connectivity index (χ1n) is 6.62. The standard InChI is InChI=1S/C14H17ClN2O/c15-12-3-1-2-11(8-12)14(18)16-13-9-17-6-4-10(13)5-7-17/h1-3,8,10,13H,4-7,9H2,(H,16,18)/p+1/t13-/m1/s1. The minimum atomic E-state index is 0.00986. The summed E-state index contributed by atoms with van der Waals surface area (Å²) >= 11 is 5.91. The molecule has 3 saturated heterocycles. The van der Waals surface area contributed by atoms with Gasteiger partial charge in [-0.15, -0.1) is 0 Å². The van der Waals surface area contributed by atoms with Gasteiger partial charge >= 0.3 is 0 Å². The molecule has 3 fully saturated rings. The van der Waals surface area contributed by atoms with Crippen LogP contribution >= 0.6 is 11.6 Å². The number of nitrogens with one attached hydrogen (secondary N) is 2. The largest absolute Gasteiger partial charge is 0.343 e. The third kappa shape index (κ3) is 2.38. The third-order valence-corrected chi connectivity index (χ3v) is 4.45. The second-order valence-electron chi connectivity index (χ2n) is 5.38. The van der Waals surface area contributed by atoms with E-state index in [0.717, 1.165) is 6.54 Å². The van der Waals surface area contributed by atoms with Gasteiger partial charge in [-0.2, -0.15) is 0 Å². The smallest absolute Gasteiger partial charge is 0.251 e. The predicted octanol–water partition coefficient (Wildman–Crippen LogP) is 0.747. The molecule has 0 spiro atoms. The van der Waals surface area contributed by atoms with Crippen molar-refractivity contribution in [3.8, 4) is 0 Å². The molecule has 96 valence electrons. The molecule has 0 aliphatic carbocycles. The molecule has 3 heterocycles. The minimum Gasteiger partial charge on any atom is -0.343 e. The Bertz CT molecular complexity index is 455. The summed E-state index contributed by atoms with van der Waals surface area (Å²) in [6.07, 6.45) is 2.49.